The minimum absolute atomic E-state index is 0.109. The number of halogens is 1. The highest BCUT2D eigenvalue weighted by Gasteiger charge is 2.55. The molecule has 0 N–H and O–H groups in total. The van der Waals surface area contributed by atoms with Crippen molar-refractivity contribution in [2.75, 3.05) is 0 Å². The molecule has 164 valence electrons. The highest BCUT2D eigenvalue weighted by molar-refractivity contribution is 9.11. The van der Waals surface area contributed by atoms with Crippen LogP contribution in [0.25, 0.3) is 0 Å². The molecule has 1 fully saturated rings. The Bertz CT molecular complexity index is 617. The zero-order valence-corrected chi connectivity index (χ0v) is 23.5. The Hall–Kier alpha value is 0.494. The molecule has 1 aliphatic carbocycles. The molecule has 1 aliphatic heterocycles. The molecule has 0 spiro atoms. The van der Waals surface area contributed by atoms with Gasteiger partial charge in [-0.3, -0.25) is 0 Å². The third-order valence-electron chi connectivity index (χ3n) is 6.85. The van der Waals surface area contributed by atoms with E-state index in [1.165, 1.54) is 0 Å². The zero-order valence-electron chi connectivity index (χ0n) is 19.9. The number of hydrogen-bond donors (Lipinski definition) is 0. The third kappa shape index (κ3) is 5.03. The van der Waals surface area contributed by atoms with E-state index in [1.54, 1.807) is 0 Å². The maximum Gasteiger partial charge on any atom is 0.193 e. The van der Waals surface area contributed by atoms with Gasteiger partial charge in [-0.05, 0) is 56.2 Å². The zero-order chi connectivity index (χ0) is 21.9. The van der Waals surface area contributed by atoms with Crippen LogP contribution in [0.3, 0.4) is 0 Å². The van der Waals surface area contributed by atoms with Crippen LogP contribution < -0.4 is 0 Å². The monoisotopic (exact) mass is 492 g/mol. The van der Waals surface area contributed by atoms with E-state index in [-0.39, 0.29) is 34.5 Å². The van der Waals surface area contributed by atoms with Gasteiger partial charge >= 0.3 is 0 Å². The molecule has 4 nitrogen and oxygen atoms in total. The summed E-state index contributed by atoms with van der Waals surface area (Å²) in [6.45, 7) is 26.7. The lowest BCUT2D eigenvalue weighted by molar-refractivity contribution is -0.155. The molecule has 4 atom stereocenters. The van der Waals surface area contributed by atoms with Crippen LogP contribution in [-0.2, 0) is 18.3 Å². The van der Waals surface area contributed by atoms with Crippen LogP contribution in [0.1, 0.15) is 55.4 Å². The van der Waals surface area contributed by atoms with Crippen LogP contribution in [0.2, 0.25) is 36.3 Å². The number of ether oxygens (including phenoxy) is 2. The van der Waals surface area contributed by atoms with Crippen molar-refractivity contribution in [1.82, 2.24) is 0 Å². The quantitative estimate of drug-likeness (QED) is 0.415. The van der Waals surface area contributed by atoms with E-state index in [0.29, 0.717) is 0 Å². The van der Waals surface area contributed by atoms with Crippen LogP contribution in [-0.4, -0.2) is 46.8 Å². The lowest BCUT2D eigenvalue weighted by Gasteiger charge is -2.47. The molecular formula is C21H41BrO4Si2. The van der Waals surface area contributed by atoms with Gasteiger partial charge < -0.3 is 18.3 Å². The van der Waals surface area contributed by atoms with Crippen LogP contribution in [0.15, 0.2) is 10.6 Å². The van der Waals surface area contributed by atoms with Crippen LogP contribution in [0.5, 0.6) is 0 Å². The molecule has 0 aromatic carbocycles. The van der Waals surface area contributed by atoms with Crippen LogP contribution in [0, 0.1) is 0 Å². The van der Waals surface area contributed by atoms with E-state index in [1.807, 2.05) is 13.8 Å². The summed E-state index contributed by atoms with van der Waals surface area (Å²) in [6.07, 6.45) is 1.50. The first-order valence-corrected chi connectivity index (χ1v) is 17.0. The molecule has 1 heterocycles. The Morgan fingerprint density at radius 3 is 1.82 bits per heavy atom. The minimum atomic E-state index is -2.03. The number of rotatable bonds is 4. The molecule has 0 aromatic heterocycles. The summed E-state index contributed by atoms with van der Waals surface area (Å²) in [5, 5.41) is 0.232. The molecule has 0 aromatic rings. The Morgan fingerprint density at radius 1 is 0.893 bits per heavy atom. The topological polar surface area (TPSA) is 36.9 Å². The van der Waals surface area contributed by atoms with E-state index >= 15 is 0 Å². The third-order valence-corrected chi connectivity index (χ3v) is 16.5. The Morgan fingerprint density at radius 2 is 1.36 bits per heavy atom. The van der Waals surface area contributed by atoms with Gasteiger partial charge in [0.1, 0.15) is 18.3 Å². The fraction of sp³-hybridized carbons (Fsp3) is 0.905. The highest BCUT2D eigenvalue weighted by atomic mass is 79.9. The molecule has 0 unspecified atom stereocenters. The molecule has 28 heavy (non-hydrogen) atoms. The van der Waals surface area contributed by atoms with Crippen molar-refractivity contribution >= 4 is 32.6 Å². The van der Waals surface area contributed by atoms with Gasteiger partial charge in [0.15, 0.2) is 22.4 Å². The lowest BCUT2D eigenvalue weighted by Crippen LogP contribution is -2.58. The fourth-order valence-electron chi connectivity index (χ4n) is 3.05. The van der Waals surface area contributed by atoms with Gasteiger partial charge in [0.25, 0.3) is 0 Å². The van der Waals surface area contributed by atoms with E-state index < -0.39 is 22.4 Å². The van der Waals surface area contributed by atoms with Crippen molar-refractivity contribution in [1.29, 1.82) is 0 Å². The maximum absolute atomic E-state index is 6.94. The average Bonchev–Trinajstić information content (AvgIpc) is 2.76. The molecule has 2 rings (SSSR count). The van der Waals surface area contributed by atoms with Gasteiger partial charge in [-0.25, -0.2) is 0 Å². The summed E-state index contributed by atoms with van der Waals surface area (Å²) in [4.78, 5) is 0. The Balaban J connectivity index is 2.44. The summed E-state index contributed by atoms with van der Waals surface area (Å²) >= 11 is 3.74. The molecule has 0 amide bonds. The van der Waals surface area contributed by atoms with E-state index in [0.717, 1.165) is 4.48 Å². The van der Waals surface area contributed by atoms with Crippen LogP contribution in [0.4, 0.5) is 0 Å². The first-order valence-electron chi connectivity index (χ1n) is 10.4. The molecule has 7 heteroatoms. The Kier molecular flexibility index (Phi) is 6.69. The molecule has 0 radical (unpaired) electrons. The van der Waals surface area contributed by atoms with Crippen LogP contribution >= 0.6 is 15.9 Å². The van der Waals surface area contributed by atoms with E-state index in [9.17, 15) is 0 Å². The lowest BCUT2D eigenvalue weighted by atomic mass is 9.96. The van der Waals surface area contributed by atoms with Gasteiger partial charge in [0.2, 0.25) is 0 Å². The van der Waals surface area contributed by atoms with Gasteiger partial charge in [-0.1, -0.05) is 57.5 Å². The molecule has 1 saturated heterocycles. The molecule has 0 bridgehead atoms. The minimum Gasteiger partial charge on any atom is -0.408 e. The standard InChI is InChI=1S/C21H41BrO4Si2/c1-19(2,3)27(9,10)25-15-13-14(22)16-18(24-21(7,8)23-16)17(15)26-28(11,12)20(4,5)6/h13,15-18H,1-12H3/t15-,16-,17-,18-/m1/s1. The number of fused-ring (bicyclic) bond motifs is 1. The van der Waals surface area contributed by atoms with E-state index in [4.69, 9.17) is 18.3 Å². The van der Waals surface area contributed by atoms with Gasteiger partial charge in [-0.15, -0.1) is 0 Å². The number of hydrogen-bond acceptors (Lipinski definition) is 4. The van der Waals surface area contributed by atoms with Crippen molar-refractivity contribution in [3.63, 3.8) is 0 Å². The Labute approximate surface area is 183 Å². The second-order valence-corrected chi connectivity index (χ2v) is 22.2. The summed E-state index contributed by atoms with van der Waals surface area (Å²) in [5.41, 5.74) is 0. The van der Waals surface area contributed by atoms with Gasteiger partial charge in [0, 0.05) is 4.48 Å². The molecule has 2 aliphatic rings. The molecular weight excluding hydrogens is 452 g/mol. The summed E-state index contributed by atoms with van der Waals surface area (Å²) in [7, 11) is -4.02. The second kappa shape index (κ2) is 7.57. The van der Waals surface area contributed by atoms with Gasteiger partial charge in [-0.2, -0.15) is 0 Å². The first-order chi connectivity index (χ1) is 12.3. The summed E-state index contributed by atoms with van der Waals surface area (Å²) in [6, 6.07) is 0. The first kappa shape index (κ1) is 24.8. The fourth-order valence-corrected chi connectivity index (χ4v) is 6.20. The van der Waals surface area contributed by atoms with Gasteiger partial charge in [0.05, 0.1) is 6.10 Å². The smallest absolute Gasteiger partial charge is 0.193 e. The van der Waals surface area contributed by atoms with Crippen molar-refractivity contribution < 1.29 is 18.3 Å². The average molecular weight is 494 g/mol. The maximum atomic E-state index is 6.94. The van der Waals surface area contributed by atoms with Crippen molar-refractivity contribution in [3.8, 4) is 0 Å². The highest BCUT2D eigenvalue weighted by Crippen LogP contribution is 2.46. The summed E-state index contributed by atoms with van der Waals surface area (Å²) in [5.74, 6) is -0.636. The summed E-state index contributed by atoms with van der Waals surface area (Å²) < 4.78 is 27.4. The SMILES string of the molecule is CC1(C)O[C@H]2[C@H](O[Si](C)(C)C(C)(C)C)[C@H](O[Si](C)(C)C(C)(C)C)C=C(Br)[C@H]2O1. The largest absolute Gasteiger partial charge is 0.408 e. The van der Waals surface area contributed by atoms with Crippen molar-refractivity contribution in [2.24, 2.45) is 0 Å². The van der Waals surface area contributed by atoms with E-state index in [2.05, 4.69) is 89.7 Å². The van der Waals surface area contributed by atoms with Crippen molar-refractivity contribution in [3.05, 3.63) is 10.6 Å². The van der Waals surface area contributed by atoms with Crippen molar-refractivity contribution in [2.45, 2.75) is 122 Å². The predicted octanol–water partition coefficient (Wildman–Crippen LogP) is 6.58. The second-order valence-electron chi connectivity index (χ2n) is 11.8. The molecule has 0 saturated carbocycles. The predicted molar refractivity (Wildman–Crippen MR) is 125 cm³/mol. The normalized spacial score (nSPS) is 31.5.